The fraction of sp³-hybridized carbons (Fsp3) is 0.300. The molecule has 2 heterocycles. The zero-order valence-corrected chi connectivity index (χ0v) is 16.5. The quantitative estimate of drug-likeness (QED) is 0.589. The Kier molecular flexibility index (Phi) is 5.35. The van der Waals surface area contributed by atoms with Crippen LogP contribution in [0.4, 0.5) is 0 Å². The Bertz CT molecular complexity index is 1150. The second-order valence-corrected chi connectivity index (χ2v) is 8.73. The summed E-state index contributed by atoms with van der Waals surface area (Å²) >= 11 is 0. The second-order valence-electron chi connectivity index (χ2n) is 7.17. The predicted octanol–water partition coefficient (Wildman–Crippen LogP) is 2.03. The highest BCUT2D eigenvalue weighted by atomic mass is 32.2. The molecule has 0 saturated carbocycles. The Hall–Kier alpha value is -2.75. The van der Waals surface area contributed by atoms with Gasteiger partial charge in [-0.2, -0.15) is 5.10 Å². The van der Waals surface area contributed by atoms with E-state index in [9.17, 15) is 13.2 Å². The van der Waals surface area contributed by atoms with Gasteiger partial charge < -0.3 is 10.1 Å². The molecule has 9 heteroatoms. The first-order valence-electron chi connectivity index (χ1n) is 9.39. The maximum absolute atomic E-state index is 12.6. The number of fused-ring (bicyclic) bond motifs is 1. The molecule has 0 bridgehead atoms. The number of benzene rings is 2. The summed E-state index contributed by atoms with van der Waals surface area (Å²) in [6.45, 7) is 2.10. The number of amides is 1. The third kappa shape index (κ3) is 4.31. The Morgan fingerprint density at radius 3 is 2.76 bits per heavy atom. The van der Waals surface area contributed by atoms with Crippen molar-refractivity contribution in [2.24, 2.45) is 11.1 Å². The molecular weight excluding hydrogens is 392 g/mol. The van der Waals surface area contributed by atoms with E-state index in [-0.39, 0.29) is 10.8 Å². The average molecular weight is 414 g/mol. The van der Waals surface area contributed by atoms with Crippen LogP contribution in [0.3, 0.4) is 0 Å². The van der Waals surface area contributed by atoms with Crippen LogP contribution in [0.25, 0.3) is 22.2 Å². The summed E-state index contributed by atoms with van der Waals surface area (Å²) in [5.41, 5.74) is 2.43. The van der Waals surface area contributed by atoms with Gasteiger partial charge in [0.05, 0.1) is 16.1 Å². The minimum atomic E-state index is -3.82. The lowest BCUT2D eigenvalue weighted by Gasteiger charge is -2.22. The largest absolute Gasteiger partial charge is 0.381 e. The number of carbonyl (C=O) groups is 1. The van der Waals surface area contributed by atoms with E-state index in [2.05, 4.69) is 15.5 Å². The molecule has 1 fully saturated rings. The van der Waals surface area contributed by atoms with Crippen LogP contribution < -0.4 is 10.5 Å². The molecule has 1 aliphatic heterocycles. The van der Waals surface area contributed by atoms with Crippen molar-refractivity contribution in [2.75, 3.05) is 19.8 Å². The van der Waals surface area contributed by atoms with Crippen LogP contribution in [0.5, 0.6) is 0 Å². The standard InChI is InChI=1S/C20H22N4O4S/c21-29(26,27)16-3-1-2-14(10-16)19-17-11-15(4-5-18(17)23-24-19)20(25)22-12-13-6-8-28-9-7-13/h1-5,10-11,13H,6-9,12H2,(H,22,25)(H,23,24)(H2,21,26,27). The smallest absolute Gasteiger partial charge is 0.251 e. The van der Waals surface area contributed by atoms with Gasteiger partial charge in [-0.3, -0.25) is 9.89 Å². The summed E-state index contributed by atoms with van der Waals surface area (Å²) in [7, 11) is -3.82. The van der Waals surface area contributed by atoms with E-state index in [1.165, 1.54) is 12.1 Å². The van der Waals surface area contributed by atoms with Gasteiger partial charge in [0.1, 0.15) is 0 Å². The number of hydrogen-bond donors (Lipinski definition) is 3. The van der Waals surface area contributed by atoms with E-state index in [0.29, 0.717) is 29.3 Å². The molecule has 1 amide bonds. The van der Waals surface area contributed by atoms with Crippen LogP contribution >= 0.6 is 0 Å². The number of aromatic nitrogens is 2. The van der Waals surface area contributed by atoms with Crippen LogP contribution in [0.15, 0.2) is 47.4 Å². The predicted molar refractivity (Wildman–Crippen MR) is 109 cm³/mol. The lowest BCUT2D eigenvalue weighted by Crippen LogP contribution is -2.32. The van der Waals surface area contributed by atoms with Gasteiger partial charge in [0.25, 0.3) is 5.91 Å². The van der Waals surface area contributed by atoms with Gasteiger partial charge in [-0.05, 0) is 49.1 Å². The molecule has 0 radical (unpaired) electrons. The van der Waals surface area contributed by atoms with Crippen LogP contribution in [-0.2, 0) is 14.8 Å². The maximum atomic E-state index is 12.6. The van der Waals surface area contributed by atoms with Crippen molar-refractivity contribution in [3.63, 3.8) is 0 Å². The van der Waals surface area contributed by atoms with Gasteiger partial charge in [0.15, 0.2) is 0 Å². The zero-order chi connectivity index (χ0) is 20.4. The SMILES string of the molecule is NS(=O)(=O)c1cccc(-c2n[nH]c3ccc(C(=O)NCC4CCOCC4)cc23)c1. The first-order chi connectivity index (χ1) is 13.9. The molecule has 8 nitrogen and oxygen atoms in total. The van der Waals surface area contributed by atoms with E-state index < -0.39 is 10.0 Å². The molecule has 4 N–H and O–H groups in total. The second kappa shape index (κ2) is 7.94. The first kappa shape index (κ1) is 19.6. The molecule has 0 atom stereocenters. The van der Waals surface area contributed by atoms with Crippen LogP contribution in [-0.4, -0.2) is 44.3 Å². The minimum absolute atomic E-state index is 0.0107. The van der Waals surface area contributed by atoms with Crippen molar-refractivity contribution in [1.29, 1.82) is 0 Å². The van der Waals surface area contributed by atoms with Crippen LogP contribution in [0, 0.1) is 5.92 Å². The molecule has 0 aliphatic carbocycles. The van der Waals surface area contributed by atoms with Gasteiger partial charge in [0, 0.05) is 36.3 Å². The van der Waals surface area contributed by atoms with Gasteiger partial charge in [-0.1, -0.05) is 12.1 Å². The van der Waals surface area contributed by atoms with E-state index in [4.69, 9.17) is 9.88 Å². The van der Waals surface area contributed by atoms with Crippen molar-refractivity contribution < 1.29 is 17.9 Å². The molecule has 152 valence electrons. The van der Waals surface area contributed by atoms with Crippen LogP contribution in [0.1, 0.15) is 23.2 Å². The third-order valence-corrected chi connectivity index (χ3v) is 6.06. The number of primary sulfonamides is 1. The average Bonchev–Trinajstić information content (AvgIpc) is 3.15. The first-order valence-corrected chi connectivity index (χ1v) is 10.9. The van der Waals surface area contributed by atoms with E-state index in [0.717, 1.165) is 37.0 Å². The Balaban J connectivity index is 1.60. The summed E-state index contributed by atoms with van der Waals surface area (Å²) in [6, 6.07) is 11.6. The van der Waals surface area contributed by atoms with Crippen molar-refractivity contribution in [2.45, 2.75) is 17.7 Å². The van der Waals surface area contributed by atoms with E-state index >= 15 is 0 Å². The zero-order valence-electron chi connectivity index (χ0n) is 15.7. The fourth-order valence-corrected chi connectivity index (χ4v) is 4.04. The summed E-state index contributed by atoms with van der Waals surface area (Å²) in [6.07, 6.45) is 1.90. The van der Waals surface area contributed by atoms with Crippen molar-refractivity contribution in [1.82, 2.24) is 15.5 Å². The lowest BCUT2D eigenvalue weighted by atomic mass is 10.00. The molecule has 29 heavy (non-hydrogen) atoms. The van der Waals surface area contributed by atoms with Crippen LogP contribution in [0.2, 0.25) is 0 Å². The molecule has 1 aliphatic rings. The van der Waals surface area contributed by atoms with Gasteiger partial charge in [-0.25, -0.2) is 13.6 Å². The van der Waals surface area contributed by atoms with Crippen molar-refractivity contribution in [3.8, 4) is 11.3 Å². The number of sulfonamides is 1. The molecule has 0 spiro atoms. The molecule has 2 aromatic carbocycles. The molecule has 1 aromatic heterocycles. The molecule has 0 unspecified atom stereocenters. The monoisotopic (exact) mass is 414 g/mol. The molecule has 1 saturated heterocycles. The van der Waals surface area contributed by atoms with Crippen molar-refractivity contribution >= 4 is 26.8 Å². The number of nitrogens with two attached hydrogens (primary N) is 1. The molecular formula is C20H22N4O4S. The fourth-order valence-electron chi connectivity index (χ4n) is 3.49. The number of ether oxygens (including phenoxy) is 1. The molecule has 4 rings (SSSR count). The molecule has 3 aromatic rings. The highest BCUT2D eigenvalue weighted by molar-refractivity contribution is 7.89. The minimum Gasteiger partial charge on any atom is -0.381 e. The number of aromatic amines is 1. The number of rotatable bonds is 5. The number of nitrogens with zero attached hydrogens (tertiary/aromatic N) is 1. The third-order valence-electron chi connectivity index (χ3n) is 5.15. The number of H-pyrrole nitrogens is 1. The van der Waals surface area contributed by atoms with E-state index in [1.54, 1.807) is 30.3 Å². The number of hydrogen-bond acceptors (Lipinski definition) is 5. The Morgan fingerprint density at radius 1 is 1.21 bits per heavy atom. The normalized spacial score (nSPS) is 15.5. The maximum Gasteiger partial charge on any atom is 0.251 e. The summed E-state index contributed by atoms with van der Waals surface area (Å²) < 4.78 is 28.7. The highest BCUT2D eigenvalue weighted by Gasteiger charge is 2.17. The number of carbonyl (C=O) groups excluding carboxylic acids is 1. The topological polar surface area (TPSA) is 127 Å². The lowest BCUT2D eigenvalue weighted by molar-refractivity contribution is 0.0643. The summed E-state index contributed by atoms with van der Waals surface area (Å²) in [4.78, 5) is 12.6. The summed E-state index contributed by atoms with van der Waals surface area (Å²) in [5, 5.41) is 16.2. The Labute approximate surface area is 168 Å². The summed E-state index contributed by atoms with van der Waals surface area (Å²) in [5.74, 6) is 0.283. The van der Waals surface area contributed by atoms with E-state index in [1.807, 2.05) is 0 Å². The van der Waals surface area contributed by atoms with Gasteiger partial charge in [0.2, 0.25) is 10.0 Å². The van der Waals surface area contributed by atoms with Gasteiger partial charge in [-0.15, -0.1) is 0 Å². The Morgan fingerprint density at radius 2 is 2.00 bits per heavy atom. The van der Waals surface area contributed by atoms with Crippen molar-refractivity contribution in [3.05, 3.63) is 48.0 Å². The number of nitrogens with one attached hydrogen (secondary N) is 2. The van der Waals surface area contributed by atoms with Gasteiger partial charge >= 0.3 is 0 Å². The highest BCUT2D eigenvalue weighted by Crippen LogP contribution is 2.28.